The molecule has 4 N–H and O–H groups in total. The summed E-state index contributed by atoms with van der Waals surface area (Å²) in [5.74, 6) is -0.979. The van der Waals surface area contributed by atoms with E-state index >= 15 is 0 Å². The molecule has 1 heterocycles. The maximum atomic E-state index is 12.9. The number of hydrogen-bond donors (Lipinski definition) is 4. The molecule has 0 saturated carbocycles. The molecule has 43 heavy (non-hydrogen) atoms. The van der Waals surface area contributed by atoms with Gasteiger partial charge in [-0.3, -0.25) is 19.7 Å². The lowest BCUT2D eigenvalue weighted by molar-refractivity contribution is -0.387. The van der Waals surface area contributed by atoms with Gasteiger partial charge in [0.25, 0.3) is 11.6 Å². The molecule has 0 unspecified atom stereocenters. The fraction of sp³-hybridized carbons (Fsp3) is 0.138. The van der Waals surface area contributed by atoms with Crippen molar-refractivity contribution in [2.75, 3.05) is 11.1 Å². The van der Waals surface area contributed by atoms with E-state index in [-0.39, 0.29) is 30.4 Å². The highest BCUT2D eigenvalue weighted by molar-refractivity contribution is 8.00. The molecule has 1 aromatic heterocycles. The number of alkyl carbamates (subject to hydrolysis) is 1. The monoisotopic (exact) mass is 601 g/mol. The summed E-state index contributed by atoms with van der Waals surface area (Å²) in [5, 5.41) is 20.9. The Labute approximate surface area is 250 Å². The molecule has 0 bridgehead atoms. The van der Waals surface area contributed by atoms with E-state index in [1.165, 1.54) is 30.9 Å². The van der Waals surface area contributed by atoms with Crippen molar-refractivity contribution < 1.29 is 24.0 Å². The summed E-state index contributed by atoms with van der Waals surface area (Å²) in [5.41, 5.74) is 4.47. The van der Waals surface area contributed by atoms with E-state index in [1.54, 1.807) is 42.5 Å². The quantitative estimate of drug-likeness (QED) is 0.0767. The van der Waals surface area contributed by atoms with Crippen molar-refractivity contribution in [3.63, 3.8) is 0 Å². The Kier molecular flexibility index (Phi) is 11.0. The lowest BCUT2D eigenvalue weighted by Gasteiger charge is -2.16. The number of aromatic amines is 1. The van der Waals surface area contributed by atoms with Crippen molar-refractivity contribution in [2.24, 2.45) is 5.10 Å². The molecule has 220 valence electrons. The Bertz CT molecular complexity index is 1570. The van der Waals surface area contributed by atoms with Crippen LogP contribution in [0.5, 0.6) is 0 Å². The highest BCUT2D eigenvalue weighted by atomic mass is 32.2. The fourth-order valence-corrected chi connectivity index (χ4v) is 4.53. The summed E-state index contributed by atoms with van der Waals surface area (Å²) >= 11 is 1.03. The predicted octanol–water partition coefficient (Wildman–Crippen LogP) is 4.04. The number of para-hydroxylation sites is 1. The largest absolute Gasteiger partial charge is 0.445 e. The number of amides is 3. The lowest BCUT2D eigenvalue weighted by atomic mass is 10.1. The van der Waals surface area contributed by atoms with Crippen LogP contribution in [0.15, 0.2) is 101 Å². The lowest BCUT2D eigenvalue weighted by Crippen LogP contribution is -2.47. The number of carbonyl (C=O) groups is 3. The third-order valence-electron chi connectivity index (χ3n) is 5.78. The molecule has 0 radical (unpaired) electrons. The molecule has 14 heteroatoms. The highest BCUT2D eigenvalue weighted by Crippen LogP contribution is 2.30. The number of imidazole rings is 1. The minimum atomic E-state index is -1.06. The molecule has 0 aliphatic heterocycles. The maximum absolute atomic E-state index is 12.9. The first kappa shape index (κ1) is 30.5. The molecule has 0 spiro atoms. The summed E-state index contributed by atoms with van der Waals surface area (Å²) in [6.45, 7) is 0.0218. The van der Waals surface area contributed by atoms with Crippen LogP contribution in [0.25, 0.3) is 0 Å². The number of anilines is 1. The second-order valence-electron chi connectivity index (χ2n) is 8.96. The van der Waals surface area contributed by atoms with Crippen molar-refractivity contribution in [2.45, 2.75) is 24.0 Å². The molecule has 4 aromatic rings. The molecule has 0 fully saturated rings. The van der Waals surface area contributed by atoms with Gasteiger partial charge in [-0.15, -0.1) is 11.8 Å². The highest BCUT2D eigenvalue weighted by Gasteiger charge is 2.23. The van der Waals surface area contributed by atoms with Crippen LogP contribution in [-0.4, -0.2) is 50.8 Å². The number of nitro benzene ring substituents is 1. The van der Waals surface area contributed by atoms with Crippen molar-refractivity contribution in [3.05, 3.63) is 118 Å². The zero-order valence-corrected chi connectivity index (χ0v) is 23.5. The van der Waals surface area contributed by atoms with Gasteiger partial charge in [-0.2, -0.15) is 5.10 Å². The second-order valence-corrected chi connectivity index (χ2v) is 9.98. The smallest absolute Gasteiger partial charge is 0.408 e. The van der Waals surface area contributed by atoms with Crippen LogP contribution in [0.4, 0.5) is 16.2 Å². The third-order valence-corrected chi connectivity index (χ3v) is 6.85. The summed E-state index contributed by atoms with van der Waals surface area (Å²) in [6.07, 6.45) is 3.48. The molecule has 13 nitrogen and oxygen atoms in total. The Morgan fingerprint density at radius 3 is 2.51 bits per heavy atom. The summed E-state index contributed by atoms with van der Waals surface area (Å²) in [6, 6.07) is 21.3. The van der Waals surface area contributed by atoms with Crippen LogP contribution in [0.2, 0.25) is 0 Å². The van der Waals surface area contributed by atoms with Crippen LogP contribution in [0.3, 0.4) is 0 Å². The van der Waals surface area contributed by atoms with Gasteiger partial charge in [0.15, 0.2) is 0 Å². The molecule has 1 atom stereocenters. The normalized spacial score (nSPS) is 11.4. The van der Waals surface area contributed by atoms with E-state index in [1.807, 2.05) is 24.3 Å². The van der Waals surface area contributed by atoms with Gasteiger partial charge in [-0.25, -0.2) is 15.2 Å². The number of nitro groups is 1. The molecule has 3 amide bonds. The van der Waals surface area contributed by atoms with E-state index in [9.17, 15) is 24.5 Å². The van der Waals surface area contributed by atoms with Crippen molar-refractivity contribution >= 4 is 47.3 Å². The van der Waals surface area contributed by atoms with E-state index in [0.29, 0.717) is 21.8 Å². The Morgan fingerprint density at radius 1 is 1.07 bits per heavy atom. The Hall–Kier alpha value is -5.50. The van der Waals surface area contributed by atoms with Crippen LogP contribution in [0, 0.1) is 10.1 Å². The van der Waals surface area contributed by atoms with Gasteiger partial charge in [-0.1, -0.05) is 54.6 Å². The van der Waals surface area contributed by atoms with Gasteiger partial charge in [0.1, 0.15) is 12.6 Å². The molecular formula is C29H27N7O6S. The average Bonchev–Trinajstić information content (AvgIpc) is 3.53. The van der Waals surface area contributed by atoms with Gasteiger partial charge >= 0.3 is 6.09 Å². The summed E-state index contributed by atoms with van der Waals surface area (Å²) < 4.78 is 5.23. The first-order chi connectivity index (χ1) is 20.9. The van der Waals surface area contributed by atoms with E-state index in [2.05, 4.69) is 31.1 Å². The number of carbonyl (C=O) groups excluding carboxylic acids is 3. The SMILES string of the molecule is O=C(CSc1ccc(/C=N\NC(=O)[C@H](Cc2cnc[nH]2)NC(=O)OCc2ccccc2)cc1[N+](=O)[O-])Nc1ccccc1. The molecule has 0 aliphatic carbocycles. The van der Waals surface area contributed by atoms with Crippen LogP contribution >= 0.6 is 11.8 Å². The van der Waals surface area contributed by atoms with Crippen molar-refractivity contribution in [1.82, 2.24) is 20.7 Å². The van der Waals surface area contributed by atoms with E-state index in [4.69, 9.17) is 4.74 Å². The average molecular weight is 602 g/mol. The number of hydrogen-bond acceptors (Lipinski definition) is 9. The third kappa shape index (κ3) is 9.82. The van der Waals surface area contributed by atoms with Gasteiger partial charge in [-0.05, 0) is 23.8 Å². The minimum Gasteiger partial charge on any atom is -0.445 e. The number of H-pyrrole nitrogens is 1. The second kappa shape index (κ2) is 15.5. The number of aromatic nitrogens is 2. The molecule has 0 aliphatic rings. The van der Waals surface area contributed by atoms with Gasteiger partial charge in [0.2, 0.25) is 5.91 Å². The van der Waals surface area contributed by atoms with E-state index < -0.39 is 23.0 Å². The number of thioether (sulfide) groups is 1. The first-order valence-corrected chi connectivity index (χ1v) is 13.9. The Balaban J connectivity index is 1.35. The fourth-order valence-electron chi connectivity index (χ4n) is 3.72. The van der Waals surface area contributed by atoms with Gasteiger partial charge in [0, 0.05) is 35.6 Å². The number of hydrazone groups is 1. The number of nitrogens with zero attached hydrogens (tertiary/aromatic N) is 3. The molecule has 3 aromatic carbocycles. The predicted molar refractivity (Wildman–Crippen MR) is 160 cm³/mol. The number of benzene rings is 3. The molecule has 0 saturated heterocycles. The number of rotatable bonds is 13. The molecular weight excluding hydrogens is 574 g/mol. The topological polar surface area (TPSA) is 181 Å². The zero-order valence-electron chi connectivity index (χ0n) is 22.6. The first-order valence-electron chi connectivity index (χ1n) is 12.9. The van der Waals surface area contributed by atoms with E-state index in [0.717, 1.165) is 17.3 Å². The Morgan fingerprint density at radius 2 is 1.81 bits per heavy atom. The summed E-state index contributed by atoms with van der Waals surface area (Å²) in [7, 11) is 0. The van der Waals surface area contributed by atoms with Gasteiger partial charge < -0.3 is 20.4 Å². The number of nitrogens with one attached hydrogen (secondary N) is 4. The maximum Gasteiger partial charge on any atom is 0.408 e. The van der Waals surface area contributed by atoms with Crippen molar-refractivity contribution in [3.8, 4) is 0 Å². The van der Waals surface area contributed by atoms with Crippen molar-refractivity contribution in [1.29, 1.82) is 0 Å². The molecule has 4 rings (SSSR count). The number of ether oxygens (including phenoxy) is 1. The zero-order chi connectivity index (χ0) is 30.4. The summed E-state index contributed by atoms with van der Waals surface area (Å²) in [4.78, 5) is 55.8. The van der Waals surface area contributed by atoms with Gasteiger partial charge in [0.05, 0.1) is 28.1 Å². The van der Waals surface area contributed by atoms with Crippen LogP contribution in [-0.2, 0) is 27.4 Å². The minimum absolute atomic E-state index is 0.0218. The van der Waals surface area contributed by atoms with Crippen LogP contribution < -0.4 is 16.1 Å². The van der Waals surface area contributed by atoms with Crippen LogP contribution in [0.1, 0.15) is 16.8 Å². The standard InChI is InChI=1S/C29H27N7O6S/c37-27(33-22-9-5-2-6-10-22)18-43-26-12-11-21(13-25(26)36(40)41)15-32-35-28(38)24(14-23-16-30-19-31-23)34-29(39)42-17-20-7-3-1-4-8-20/h1-13,15-16,19,24H,14,17-18H2,(H,30,31)(H,33,37)(H,34,39)(H,35,38)/b32-15-/t24-/m0/s1.